The summed E-state index contributed by atoms with van der Waals surface area (Å²) in [6, 6.07) is 2.98. The Morgan fingerprint density at radius 1 is 1.38 bits per heavy atom. The van der Waals surface area contributed by atoms with Crippen LogP contribution in [-0.4, -0.2) is 27.5 Å². The van der Waals surface area contributed by atoms with Crippen molar-refractivity contribution in [3.05, 3.63) is 34.8 Å². The topological polar surface area (TPSA) is 72.4 Å². The first-order chi connectivity index (χ1) is 10.1. The molecule has 0 spiro atoms. The summed E-state index contributed by atoms with van der Waals surface area (Å²) in [5.74, 6) is 1.12. The van der Waals surface area contributed by atoms with Crippen molar-refractivity contribution in [2.45, 2.75) is 38.6 Å². The third kappa shape index (κ3) is 2.95. The van der Waals surface area contributed by atoms with Gasteiger partial charge in [-0.25, -0.2) is 0 Å². The molecule has 21 heavy (non-hydrogen) atoms. The Hall–Kier alpha value is -1.82. The second-order valence-electron chi connectivity index (χ2n) is 5.14. The number of hydrogen-bond donors (Lipinski definition) is 0. The van der Waals surface area contributed by atoms with Gasteiger partial charge in [0.25, 0.3) is 5.91 Å². The Balaban J connectivity index is 1.90. The van der Waals surface area contributed by atoms with Crippen LogP contribution in [0.25, 0.3) is 0 Å². The third-order valence-electron chi connectivity index (χ3n) is 3.64. The molecular weight excluding hydrogens is 294 g/mol. The van der Waals surface area contributed by atoms with E-state index in [2.05, 4.69) is 10.1 Å². The quantitative estimate of drug-likeness (QED) is 0.850. The molecule has 112 valence electrons. The predicted octanol–water partition coefficient (Wildman–Crippen LogP) is 3.38. The lowest BCUT2D eigenvalue weighted by Crippen LogP contribution is -2.35. The fraction of sp³-hybridized carbons (Fsp3) is 0.500. The number of rotatable bonds is 2. The van der Waals surface area contributed by atoms with E-state index in [9.17, 15) is 4.79 Å². The van der Waals surface area contributed by atoms with Crippen LogP contribution in [0.5, 0.6) is 0 Å². The molecule has 1 aliphatic rings. The molecule has 0 bridgehead atoms. The first-order valence-electron chi connectivity index (χ1n) is 7.01. The highest BCUT2D eigenvalue weighted by Gasteiger charge is 2.32. The Bertz CT molecular complexity index is 637. The number of aromatic nitrogens is 2. The minimum absolute atomic E-state index is 0.179. The fourth-order valence-electron chi connectivity index (χ4n) is 2.64. The van der Waals surface area contributed by atoms with E-state index in [-0.39, 0.29) is 22.9 Å². The first kappa shape index (κ1) is 14.1. The van der Waals surface area contributed by atoms with Crippen molar-refractivity contribution in [2.24, 2.45) is 0 Å². The van der Waals surface area contributed by atoms with Gasteiger partial charge in [-0.15, -0.1) is 0 Å². The summed E-state index contributed by atoms with van der Waals surface area (Å²) in [6.45, 7) is 2.39. The zero-order chi connectivity index (χ0) is 14.8. The Labute approximate surface area is 127 Å². The van der Waals surface area contributed by atoms with Gasteiger partial charge in [-0.1, -0.05) is 18.0 Å². The molecule has 0 radical (unpaired) electrons. The minimum Gasteiger partial charge on any atom is -0.440 e. The molecule has 1 aliphatic heterocycles. The van der Waals surface area contributed by atoms with Crippen LogP contribution in [0.15, 0.2) is 21.1 Å². The van der Waals surface area contributed by atoms with E-state index in [0.717, 1.165) is 25.7 Å². The van der Waals surface area contributed by atoms with Gasteiger partial charge in [-0.2, -0.15) is 4.98 Å². The molecule has 0 N–H and O–H groups in total. The summed E-state index contributed by atoms with van der Waals surface area (Å²) < 4.78 is 10.3. The lowest BCUT2D eigenvalue weighted by atomic mass is 10.1. The molecule has 3 heterocycles. The van der Waals surface area contributed by atoms with Gasteiger partial charge in [0.1, 0.15) is 0 Å². The van der Waals surface area contributed by atoms with Crippen molar-refractivity contribution in [1.82, 2.24) is 15.0 Å². The highest BCUT2D eigenvalue weighted by Crippen LogP contribution is 2.30. The molecule has 1 saturated heterocycles. The summed E-state index contributed by atoms with van der Waals surface area (Å²) in [7, 11) is 0. The lowest BCUT2D eigenvalue weighted by Gasteiger charge is -2.26. The van der Waals surface area contributed by atoms with Gasteiger partial charge in [-0.05, 0) is 36.6 Å². The number of aryl methyl sites for hydroxylation is 1. The van der Waals surface area contributed by atoms with Gasteiger partial charge in [0, 0.05) is 13.5 Å². The summed E-state index contributed by atoms with van der Waals surface area (Å²) in [4.78, 5) is 18.7. The summed E-state index contributed by atoms with van der Waals surface area (Å²) in [6.07, 6.45) is 3.88. The lowest BCUT2D eigenvalue weighted by molar-refractivity contribution is 0.0638. The van der Waals surface area contributed by atoms with Crippen LogP contribution in [0.4, 0.5) is 0 Å². The molecule has 6 nitrogen and oxygen atoms in total. The van der Waals surface area contributed by atoms with Gasteiger partial charge < -0.3 is 13.8 Å². The molecule has 3 rings (SSSR count). The van der Waals surface area contributed by atoms with Crippen molar-refractivity contribution < 1.29 is 13.7 Å². The molecule has 7 heteroatoms. The molecule has 2 aromatic heterocycles. The normalized spacial score (nSPS) is 19.5. The smallest absolute Gasteiger partial charge is 0.290 e. The van der Waals surface area contributed by atoms with Crippen LogP contribution in [0.2, 0.25) is 5.22 Å². The number of furan rings is 1. The van der Waals surface area contributed by atoms with E-state index in [1.165, 1.54) is 0 Å². The van der Waals surface area contributed by atoms with Crippen LogP contribution in [0.1, 0.15) is 54.0 Å². The zero-order valence-corrected chi connectivity index (χ0v) is 12.5. The number of nitrogens with zero attached hydrogens (tertiary/aromatic N) is 3. The number of hydrogen-bond acceptors (Lipinski definition) is 5. The van der Waals surface area contributed by atoms with Gasteiger partial charge in [0.15, 0.2) is 16.8 Å². The van der Waals surface area contributed by atoms with Crippen LogP contribution >= 0.6 is 11.6 Å². The molecule has 2 aromatic rings. The zero-order valence-electron chi connectivity index (χ0n) is 11.7. The molecule has 0 aromatic carbocycles. The molecule has 0 saturated carbocycles. The molecule has 1 atom stereocenters. The van der Waals surface area contributed by atoms with Crippen molar-refractivity contribution in [3.63, 3.8) is 0 Å². The van der Waals surface area contributed by atoms with Crippen LogP contribution in [0, 0.1) is 6.92 Å². The van der Waals surface area contributed by atoms with Crippen molar-refractivity contribution >= 4 is 17.5 Å². The molecular formula is C14H16ClN3O3. The van der Waals surface area contributed by atoms with E-state index in [1.54, 1.807) is 24.0 Å². The average Bonchev–Trinajstić information content (AvgIpc) is 3.00. The van der Waals surface area contributed by atoms with Crippen molar-refractivity contribution in [2.75, 3.05) is 6.54 Å². The number of carbonyl (C=O) groups excluding carboxylic acids is 1. The Morgan fingerprint density at radius 2 is 2.24 bits per heavy atom. The summed E-state index contributed by atoms with van der Waals surface area (Å²) >= 11 is 5.76. The maximum Gasteiger partial charge on any atom is 0.290 e. The van der Waals surface area contributed by atoms with Gasteiger partial charge in [0.2, 0.25) is 5.89 Å². The number of amides is 1. The maximum atomic E-state index is 12.6. The van der Waals surface area contributed by atoms with Crippen LogP contribution < -0.4 is 0 Å². The summed E-state index contributed by atoms with van der Waals surface area (Å²) in [5.41, 5.74) is 0. The highest BCUT2D eigenvalue weighted by atomic mass is 35.5. The minimum atomic E-state index is -0.184. The third-order valence-corrected chi connectivity index (χ3v) is 3.84. The van der Waals surface area contributed by atoms with E-state index < -0.39 is 0 Å². The van der Waals surface area contributed by atoms with Crippen molar-refractivity contribution in [1.29, 1.82) is 0 Å². The Morgan fingerprint density at radius 3 is 2.90 bits per heavy atom. The van der Waals surface area contributed by atoms with E-state index in [1.807, 2.05) is 0 Å². The average molecular weight is 310 g/mol. The monoisotopic (exact) mass is 309 g/mol. The van der Waals surface area contributed by atoms with Crippen LogP contribution in [-0.2, 0) is 0 Å². The van der Waals surface area contributed by atoms with Crippen molar-refractivity contribution in [3.8, 4) is 0 Å². The SMILES string of the molecule is Cc1nc(C2CCCCCN2C(=O)c2ccc(Cl)o2)no1. The van der Waals surface area contributed by atoms with E-state index in [4.69, 9.17) is 20.5 Å². The second kappa shape index (κ2) is 5.89. The van der Waals surface area contributed by atoms with E-state index in [0.29, 0.717) is 18.3 Å². The largest absolute Gasteiger partial charge is 0.440 e. The van der Waals surface area contributed by atoms with Gasteiger partial charge >= 0.3 is 0 Å². The number of halogens is 1. The molecule has 1 fully saturated rings. The van der Waals surface area contributed by atoms with Gasteiger partial charge in [0.05, 0.1) is 6.04 Å². The maximum absolute atomic E-state index is 12.6. The second-order valence-corrected chi connectivity index (χ2v) is 5.51. The molecule has 1 amide bonds. The predicted molar refractivity (Wildman–Crippen MR) is 75.0 cm³/mol. The number of carbonyl (C=O) groups is 1. The fourth-order valence-corrected chi connectivity index (χ4v) is 2.79. The van der Waals surface area contributed by atoms with E-state index >= 15 is 0 Å². The standard InChI is InChI=1S/C14H16ClN3O3/c1-9-16-13(17-21-9)10-5-3-2-4-8-18(10)14(19)11-6-7-12(15)20-11/h6-7,10H,2-5,8H2,1H3. The molecule has 0 aliphatic carbocycles. The Kier molecular flexibility index (Phi) is 3.96. The molecule has 1 unspecified atom stereocenters. The highest BCUT2D eigenvalue weighted by molar-refractivity contribution is 6.29. The number of likely N-dealkylation sites (tertiary alicyclic amines) is 1. The van der Waals surface area contributed by atoms with Gasteiger partial charge in [-0.3, -0.25) is 4.79 Å². The first-order valence-corrected chi connectivity index (χ1v) is 7.39. The summed E-state index contributed by atoms with van der Waals surface area (Å²) in [5, 5.41) is 4.18. The van der Waals surface area contributed by atoms with Crippen LogP contribution in [0.3, 0.4) is 0 Å².